The zero-order chi connectivity index (χ0) is 21.0. The molecule has 7 heteroatoms. The molecule has 1 unspecified atom stereocenters. The molecule has 0 bridgehead atoms. The van der Waals surface area contributed by atoms with Crippen LogP contribution in [0.1, 0.15) is 25.0 Å². The Balaban J connectivity index is 1.75. The molecule has 1 aliphatic heterocycles. The Labute approximate surface area is 170 Å². The van der Waals surface area contributed by atoms with E-state index in [4.69, 9.17) is 9.47 Å². The second-order valence-corrected chi connectivity index (χ2v) is 6.83. The number of benzene rings is 2. The predicted octanol–water partition coefficient (Wildman–Crippen LogP) is 3.18. The van der Waals surface area contributed by atoms with Gasteiger partial charge in [0.25, 0.3) is 5.91 Å². The van der Waals surface area contributed by atoms with E-state index >= 15 is 0 Å². The van der Waals surface area contributed by atoms with Crippen molar-refractivity contribution in [2.75, 3.05) is 24.9 Å². The van der Waals surface area contributed by atoms with Gasteiger partial charge in [-0.3, -0.25) is 9.59 Å². The second kappa shape index (κ2) is 8.68. The van der Waals surface area contributed by atoms with E-state index in [1.54, 1.807) is 26.4 Å². The van der Waals surface area contributed by atoms with Gasteiger partial charge in [0.05, 0.1) is 19.9 Å². The minimum Gasteiger partial charge on any atom is -0.493 e. The van der Waals surface area contributed by atoms with Crippen molar-refractivity contribution in [1.82, 2.24) is 5.32 Å². The van der Waals surface area contributed by atoms with Gasteiger partial charge >= 0.3 is 0 Å². The molecular formula is C22H25N3O4. The Morgan fingerprint density at radius 3 is 2.41 bits per heavy atom. The summed E-state index contributed by atoms with van der Waals surface area (Å²) >= 11 is 0. The van der Waals surface area contributed by atoms with Crippen LogP contribution in [-0.2, 0) is 16.1 Å². The van der Waals surface area contributed by atoms with E-state index in [1.807, 2.05) is 37.3 Å². The van der Waals surface area contributed by atoms with Crippen molar-refractivity contribution in [3.05, 3.63) is 53.6 Å². The third-order valence-corrected chi connectivity index (χ3v) is 4.61. The van der Waals surface area contributed by atoms with Gasteiger partial charge in [-0.05, 0) is 36.8 Å². The molecule has 0 spiro atoms. The molecule has 0 saturated heterocycles. The van der Waals surface area contributed by atoms with Gasteiger partial charge < -0.3 is 25.4 Å². The van der Waals surface area contributed by atoms with Crippen LogP contribution in [-0.4, -0.2) is 32.1 Å². The van der Waals surface area contributed by atoms with Crippen LogP contribution in [0.5, 0.6) is 11.5 Å². The maximum absolute atomic E-state index is 12.5. The van der Waals surface area contributed by atoms with E-state index in [2.05, 4.69) is 16.0 Å². The lowest BCUT2D eigenvalue weighted by Gasteiger charge is -2.13. The topological polar surface area (TPSA) is 88.7 Å². The molecule has 1 aliphatic rings. The first-order valence-electron chi connectivity index (χ1n) is 9.30. The third kappa shape index (κ3) is 4.68. The average molecular weight is 395 g/mol. The molecule has 3 rings (SSSR count). The number of carbonyl (C=O) groups is 2. The summed E-state index contributed by atoms with van der Waals surface area (Å²) in [5.41, 5.74) is 4.01. The van der Waals surface area contributed by atoms with Crippen molar-refractivity contribution in [3.8, 4) is 11.5 Å². The average Bonchev–Trinajstić information content (AvgIpc) is 3.00. The highest BCUT2D eigenvalue weighted by molar-refractivity contribution is 6.31. The van der Waals surface area contributed by atoms with Gasteiger partial charge in [-0.1, -0.05) is 12.1 Å². The number of amides is 2. The van der Waals surface area contributed by atoms with Crippen LogP contribution in [0.4, 0.5) is 11.4 Å². The Bertz CT molecular complexity index is 951. The van der Waals surface area contributed by atoms with Crippen LogP contribution in [0, 0.1) is 0 Å². The number of carbonyl (C=O) groups excluding carboxylic acids is 2. The fraction of sp³-hybridized carbons (Fsp3) is 0.273. The van der Waals surface area contributed by atoms with Crippen molar-refractivity contribution < 1.29 is 19.1 Å². The Morgan fingerprint density at radius 1 is 1.14 bits per heavy atom. The number of hydrogen-bond donors (Lipinski definition) is 3. The number of fused-ring (bicyclic) bond motifs is 1. The molecular weight excluding hydrogens is 370 g/mol. The molecule has 0 fully saturated rings. The van der Waals surface area contributed by atoms with Crippen LogP contribution in [0.2, 0.25) is 0 Å². The number of anilines is 2. The fourth-order valence-corrected chi connectivity index (χ4v) is 3.18. The molecule has 1 atom stereocenters. The van der Waals surface area contributed by atoms with Gasteiger partial charge in [-0.2, -0.15) is 0 Å². The van der Waals surface area contributed by atoms with Gasteiger partial charge in [0, 0.05) is 42.4 Å². The Morgan fingerprint density at radius 2 is 1.79 bits per heavy atom. The maximum Gasteiger partial charge on any atom is 0.256 e. The number of ether oxygens (including phenoxy) is 2. The maximum atomic E-state index is 12.5. The van der Waals surface area contributed by atoms with E-state index in [0.717, 1.165) is 16.8 Å². The van der Waals surface area contributed by atoms with Gasteiger partial charge in [0.2, 0.25) is 5.91 Å². The molecule has 0 saturated carbocycles. The smallest absolute Gasteiger partial charge is 0.256 e. The Kier molecular flexibility index (Phi) is 6.07. The largest absolute Gasteiger partial charge is 0.493 e. The minimum absolute atomic E-state index is 0.0585. The van der Waals surface area contributed by atoms with E-state index in [1.165, 1.54) is 6.92 Å². The first-order chi connectivity index (χ1) is 13.9. The summed E-state index contributed by atoms with van der Waals surface area (Å²) < 4.78 is 10.7. The van der Waals surface area contributed by atoms with Crippen molar-refractivity contribution in [1.29, 1.82) is 0 Å². The lowest BCUT2D eigenvalue weighted by Crippen LogP contribution is -2.19. The van der Waals surface area contributed by atoms with E-state index in [0.29, 0.717) is 29.3 Å². The van der Waals surface area contributed by atoms with Crippen LogP contribution >= 0.6 is 0 Å². The van der Waals surface area contributed by atoms with Gasteiger partial charge in [0.1, 0.15) is 0 Å². The number of methoxy groups -OCH3 is 2. The van der Waals surface area contributed by atoms with Crippen LogP contribution in [0.25, 0.3) is 5.57 Å². The number of rotatable bonds is 7. The summed E-state index contributed by atoms with van der Waals surface area (Å²) in [5.74, 6) is 0.925. The molecule has 2 amide bonds. The third-order valence-electron chi connectivity index (χ3n) is 4.61. The summed E-state index contributed by atoms with van der Waals surface area (Å²) in [5, 5.41) is 9.00. The monoisotopic (exact) mass is 395 g/mol. The molecule has 2 aromatic carbocycles. The van der Waals surface area contributed by atoms with Gasteiger partial charge in [0.15, 0.2) is 11.5 Å². The van der Waals surface area contributed by atoms with Crippen LogP contribution < -0.4 is 25.4 Å². The minimum atomic E-state index is -0.158. The lowest BCUT2D eigenvalue weighted by atomic mass is 10.0. The molecule has 3 N–H and O–H groups in total. The first-order valence-corrected chi connectivity index (χ1v) is 9.30. The fourth-order valence-electron chi connectivity index (χ4n) is 3.18. The van der Waals surface area contributed by atoms with E-state index in [9.17, 15) is 9.59 Å². The lowest BCUT2D eigenvalue weighted by molar-refractivity contribution is -0.119. The Hall–Kier alpha value is -3.48. The van der Waals surface area contributed by atoms with Crippen molar-refractivity contribution >= 4 is 28.8 Å². The zero-order valence-corrected chi connectivity index (χ0v) is 17.0. The molecule has 1 heterocycles. The highest BCUT2D eigenvalue weighted by Gasteiger charge is 2.27. The summed E-state index contributed by atoms with van der Waals surface area (Å²) in [4.78, 5) is 23.5. The zero-order valence-electron chi connectivity index (χ0n) is 17.0. The first kappa shape index (κ1) is 20.3. The second-order valence-electron chi connectivity index (χ2n) is 6.83. The van der Waals surface area contributed by atoms with Crippen molar-refractivity contribution in [2.45, 2.75) is 26.4 Å². The summed E-state index contributed by atoms with van der Waals surface area (Å²) in [6.45, 7) is 3.97. The normalized spacial score (nSPS) is 14.8. The van der Waals surface area contributed by atoms with Crippen LogP contribution in [0.3, 0.4) is 0 Å². The van der Waals surface area contributed by atoms with Gasteiger partial charge in [-0.15, -0.1) is 0 Å². The SMILES string of the molecule is COc1cc2c(cc1OC)C(=CC(C)Nc1ccc(CNC(C)=O)cc1)C(=O)N2. The number of hydrogen-bond acceptors (Lipinski definition) is 5. The molecule has 2 aromatic rings. The summed E-state index contributed by atoms with van der Waals surface area (Å²) in [6, 6.07) is 11.3. The summed E-state index contributed by atoms with van der Waals surface area (Å²) in [6.07, 6.45) is 1.89. The van der Waals surface area contributed by atoms with E-state index in [-0.39, 0.29) is 17.9 Å². The standard InChI is InChI=1S/C22H25N3O4/c1-13(24-16-7-5-15(6-8-16)12-23-14(2)26)9-18-17-10-20(28-3)21(29-4)11-19(17)25-22(18)27/h5-11,13,24H,12H2,1-4H3,(H,23,26)(H,25,27). The molecule has 7 nitrogen and oxygen atoms in total. The highest BCUT2D eigenvalue weighted by atomic mass is 16.5. The van der Waals surface area contributed by atoms with Crippen molar-refractivity contribution in [2.24, 2.45) is 0 Å². The molecule has 0 radical (unpaired) electrons. The molecule has 152 valence electrons. The van der Waals surface area contributed by atoms with E-state index < -0.39 is 0 Å². The quantitative estimate of drug-likeness (QED) is 0.627. The molecule has 0 aromatic heterocycles. The van der Waals surface area contributed by atoms with Crippen LogP contribution in [0.15, 0.2) is 42.5 Å². The molecule has 0 aliphatic carbocycles. The van der Waals surface area contributed by atoms with Crippen molar-refractivity contribution in [3.63, 3.8) is 0 Å². The predicted molar refractivity (Wildman–Crippen MR) is 113 cm³/mol. The highest BCUT2D eigenvalue weighted by Crippen LogP contribution is 2.40. The summed E-state index contributed by atoms with van der Waals surface area (Å²) in [7, 11) is 3.13. The molecule has 29 heavy (non-hydrogen) atoms. The number of nitrogens with one attached hydrogen (secondary N) is 3. The van der Waals surface area contributed by atoms with Gasteiger partial charge in [-0.25, -0.2) is 0 Å².